The Kier molecular flexibility index (Phi) is 5.35. The Morgan fingerprint density at radius 2 is 1.80 bits per heavy atom. The highest BCUT2D eigenvalue weighted by Gasteiger charge is 2.29. The van der Waals surface area contributed by atoms with Crippen LogP contribution in [0.15, 0.2) is 23.1 Å². The Hall–Kier alpha value is -1.35. The average Bonchev–Trinajstić information content (AvgIpc) is 2.26. The zero-order valence-electron chi connectivity index (χ0n) is 9.84. The summed E-state index contributed by atoms with van der Waals surface area (Å²) in [5, 5.41) is 8.52. The molecule has 0 aliphatic heterocycles. The fraction of sp³-hybridized carbons (Fsp3) is 0.200. The Morgan fingerprint density at radius 3 is 2.20 bits per heavy atom. The summed E-state index contributed by atoms with van der Waals surface area (Å²) in [4.78, 5) is 21.2. The highest BCUT2D eigenvalue weighted by molar-refractivity contribution is 7.89. The molecule has 0 aliphatic rings. The van der Waals surface area contributed by atoms with E-state index < -0.39 is 39.3 Å². The first kappa shape index (κ1) is 16.7. The van der Waals surface area contributed by atoms with E-state index in [9.17, 15) is 18.0 Å². The second-order valence-electron chi connectivity index (χ2n) is 3.73. The number of carboxylic acid groups (broad SMARTS) is 1. The van der Waals surface area contributed by atoms with Crippen molar-refractivity contribution in [3.8, 4) is 0 Å². The van der Waals surface area contributed by atoms with Gasteiger partial charge in [0, 0.05) is 0 Å². The van der Waals surface area contributed by atoms with Gasteiger partial charge >= 0.3 is 5.97 Å². The van der Waals surface area contributed by atoms with Crippen LogP contribution < -0.4 is 10.5 Å². The van der Waals surface area contributed by atoms with Gasteiger partial charge in [-0.05, 0) is 12.1 Å². The van der Waals surface area contributed by atoms with Gasteiger partial charge in [0.05, 0.1) is 16.5 Å². The van der Waals surface area contributed by atoms with E-state index in [2.05, 4.69) is 0 Å². The number of rotatable bonds is 6. The highest BCUT2D eigenvalue weighted by atomic mass is 35.5. The molecule has 0 radical (unpaired) electrons. The number of nitrogens with one attached hydrogen (secondary N) is 1. The molecule has 1 atom stereocenters. The van der Waals surface area contributed by atoms with E-state index >= 15 is 0 Å². The smallest absolute Gasteiger partial charge is 0.322 e. The number of hydrogen-bond donors (Lipinski definition) is 3. The summed E-state index contributed by atoms with van der Waals surface area (Å²) in [7, 11) is -4.31. The minimum atomic E-state index is -4.31. The zero-order valence-corrected chi connectivity index (χ0v) is 12.2. The molecule has 0 saturated heterocycles. The second kappa shape index (κ2) is 6.40. The van der Waals surface area contributed by atoms with E-state index in [-0.39, 0.29) is 10.0 Å². The SMILES string of the molecule is NC(=O)CC(NS(=O)(=O)c1c(Cl)cccc1Cl)C(=O)O. The maximum atomic E-state index is 12.1. The van der Waals surface area contributed by atoms with E-state index in [0.29, 0.717) is 0 Å². The number of carbonyl (C=O) groups excluding carboxylic acids is 1. The minimum absolute atomic E-state index is 0.173. The molecule has 1 aromatic rings. The Balaban J connectivity index is 3.17. The fourth-order valence-electron chi connectivity index (χ4n) is 1.37. The first-order valence-electron chi connectivity index (χ1n) is 5.12. The van der Waals surface area contributed by atoms with Crippen LogP contribution in [0.5, 0.6) is 0 Å². The Morgan fingerprint density at radius 1 is 1.30 bits per heavy atom. The third-order valence-corrected chi connectivity index (χ3v) is 4.61. The molecule has 7 nitrogen and oxygen atoms in total. The molecule has 4 N–H and O–H groups in total. The van der Waals surface area contributed by atoms with Crippen molar-refractivity contribution in [2.45, 2.75) is 17.4 Å². The van der Waals surface area contributed by atoms with E-state index in [4.69, 9.17) is 34.0 Å². The minimum Gasteiger partial charge on any atom is -0.480 e. The lowest BCUT2D eigenvalue weighted by molar-refractivity contribution is -0.140. The van der Waals surface area contributed by atoms with Crippen molar-refractivity contribution in [2.24, 2.45) is 5.73 Å². The number of hydrogen-bond acceptors (Lipinski definition) is 4. The summed E-state index contributed by atoms with van der Waals surface area (Å²) in [5.41, 5.74) is 4.86. The second-order valence-corrected chi connectivity index (χ2v) is 6.20. The van der Waals surface area contributed by atoms with Gasteiger partial charge in [0.15, 0.2) is 0 Å². The molecule has 10 heteroatoms. The molecular formula is C10H10Cl2N2O5S. The van der Waals surface area contributed by atoms with Gasteiger partial charge in [-0.3, -0.25) is 9.59 Å². The molecule has 1 aromatic carbocycles. The molecule has 0 aliphatic carbocycles. The van der Waals surface area contributed by atoms with E-state index in [1.54, 1.807) is 0 Å². The lowest BCUT2D eigenvalue weighted by Gasteiger charge is -2.14. The molecule has 110 valence electrons. The van der Waals surface area contributed by atoms with Crippen molar-refractivity contribution >= 4 is 45.1 Å². The van der Waals surface area contributed by atoms with Crippen LogP contribution >= 0.6 is 23.2 Å². The van der Waals surface area contributed by atoms with Gasteiger partial charge in [-0.15, -0.1) is 0 Å². The average molecular weight is 341 g/mol. The largest absolute Gasteiger partial charge is 0.480 e. The predicted molar refractivity (Wildman–Crippen MR) is 72.0 cm³/mol. The normalized spacial score (nSPS) is 12.9. The van der Waals surface area contributed by atoms with Gasteiger partial charge in [-0.1, -0.05) is 29.3 Å². The summed E-state index contributed by atoms with van der Waals surface area (Å²) in [6.07, 6.45) is -0.698. The number of benzene rings is 1. The van der Waals surface area contributed by atoms with Crippen molar-refractivity contribution in [2.75, 3.05) is 0 Å². The van der Waals surface area contributed by atoms with Crippen molar-refractivity contribution in [3.05, 3.63) is 28.2 Å². The van der Waals surface area contributed by atoms with Gasteiger partial charge in [0.2, 0.25) is 15.9 Å². The summed E-state index contributed by atoms with van der Waals surface area (Å²) in [6.45, 7) is 0. The first-order valence-corrected chi connectivity index (χ1v) is 7.36. The van der Waals surface area contributed by atoms with Crippen LogP contribution in [0.4, 0.5) is 0 Å². The summed E-state index contributed by atoms with van der Waals surface area (Å²) in [6, 6.07) is 2.30. The standard InChI is InChI=1S/C10H10Cl2N2O5S/c11-5-2-1-3-6(12)9(5)20(18,19)14-7(10(16)17)4-8(13)15/h1-3,7,14H,4H2,(H2,13,15)(H,16,17). The van der Waals surface area contributed by atoms with Crippen molar-refractivity contribution in [3.63, 3.8) is 0 Å². The van der Waals surface area contributed by atoms with E-state index in [1.807, 2.05) is 4.72 Å². The molecule has 1 rings (SSSR count). The number of amides is 1. The molecule has 0 saturated carbocycles. The van der Waals surface area contributed by atoms with Crippen LogP contribution in [0.2, 0.25) is 10.0 Å². The van der Waals surface area contributed by atoms with Gasteiger partial charge in [0.25, 0.3) is 0 Å². The third kappa shape index (κ3) is 4.07. The van der Waals surface area contributed by atoms with Gasteiger partial charge in [0.1, 0.15) is 10.9 Å². The van der Waals surface area contributed by atoms with Crippen LogP contribution in [0.25, 0.3) is 0 Å². The van der Waals surface area contributed by atoms with Crippen molar-refractivity contribution in [1.29, 1.82) is 0 Å². The number of aliphatic carboxylic acids is 1. The quantitative estimate of drug-likeness (QED) is 0.698. The lowest BCUT2D eigenvalue weighted by Crippen LogP contribution is -2.43. The van der Waals surface area contributed by atoms with Gasteiger partial charge in [-0.25, -0.2) is 8.42 Å². The Bertz CT molecular complexity index is 627. The third-order valence-electron chi connectivity index (χ3n) is 2.19. The maximum Gasteiger partial charge on any atom is 0.322 e. The van der Waals surface area contributed by atoms with Crippen LogP contribution in [0.1, 0.15) is 6.42 Å². The number of nitrogens with two attached hydrogens (primary N) is 1. The van der Waals surface area contributed by atoms with Gasteiger partial charge in [-0.2, -0.15) is 4.72 Å². The van der Waals surface area contributed by atoms with Crippen LogP contribution in [0.3, 0.4) is 0 Å². The molecule has 0 spiro atoms. The number of sulfonamides is 1. The molecular weight excluding hydrogens is 331 g/mol. The van der Waals surface area contributed by atoms with E-state index in [1.165, 1.54) is 18.2 Å². The van der Waals surface area contributed by atoms with Crippen molar-refractivity contribution in [1.82, 2.24) is 4.72 Å². The van der Waals surface area contributed by atoms with Crippen molar-refractivity contribution < 1.29 is 23.1 Å². The monoisotopic (exact) mass is 340 g/mol. The van der Waals surface area contributed by atoms with Gasteiger partial charge < -0.3 is 10.8 Å². The summed E-state index contributed by atoms with van der Waals surface area (Å²) in [5.74, 6) is -2.51. The summed E-state index contributed by atoms with van der Waals surface area (Å²) >= 11 is 11.5. The lowest BCUT2D eigenvalue weighted by atomic mass is 10.2. The molecule has 1 amide bonds. The summed E-state index contributed by atoms with van der Waals surface area (Å²) < 4.78 is 26.0. The fourth-order valence-corrected chi connectivity index (χ4v) is 3.70. The van der Waals surface area contributed by atoms with Crippen LogP contribution in [-0.2, 0) is 19.6 Å². The first-order chi connectivity index (χ1) is 9.15. The van der Waals surface area contributed by atoms with Crippen LogP contribution in [0, 0.1) is 0 Å². The number of halogens is 2. The molecule has 20 heavy (non-hydrogen) atoms. The molecule has 1 unspecified atom stereocenters. The Labute approximate surface area is 124 Å². The number of carbonyl (C=O) groups is 2. The number of primary amides is 1. The predicted octanol–water partition coefficient (Wildman–Crippen LogP) is 0.600. The van der Waals surface area contributed by atoms with E-state index in [0.717, 1.165) is 0 Å². The maximum absolute atomic E-state index is 12.1. The highest BCUT2D eigenvalue weighted by Crippen LogP contribution is 2.28. The molecule has 0 bridgehead atoms. The number of carboxylic acids is 1. The molecule has 0 fully saturated rings. The van der Waals surface area contributed by atoms with Crippen LogP contribution in [-0.4, -0.2) is 31.4 Å². The zero-order chi connectivity index (χ0) is 15.5. The molecule has 0 aromatic heterocycles. The molecule has 0 heterocycles. The topological polar surface area (TPSA) is 127 Å².